The van der Waals surface area contributed by atoms with Crippen LogP contribution in [0.1, 0.15) is 41.0 Å². The minimum absolute atomic E-state index is 0.00331. The van der Waals surface area contributed by atoms with Gasteiger partial charge in [-0.2, -0.15) is 0 Å². The number of hydrogen-bond donors (Lipinski definition) is 0. The van der Waals surface area contributed by atoms with Gasteiger partial charge in [0.1, 0.15) is 36.4 Å². The summed E-state index contributed by atoms with van der Waals surface area (Å²) in [5, 5.41) is 0. The predicted molar refractivity (Wildman–Crippen MR) is 145 cm³/mol. The van der Waals surface area contributed by atoms with Gasteiger partial charge in [0.05, 0.1) is 13.2 Å². The van der Waals surface area contributed by atoms with E-state index in [1.54, 1.807) is 0 Å². The average molecular weight is 487 g/mol. The Labute approximate surface area is 215 Å². The van der Waals surface area contributed by atoms with E-state index in [1.807, 2.05) is 12.1 Å². The molecule has 190 valence electrons. The maximum atomic E-state index is 6.61. The quantitative estimate of drug-likeness (QED) is 0.280. The van der Waals surface area contributed by atoms with E-state index in [0.29, 0.717) is 6.61 Å². The summed E-state index contributed by atoms with van der Waals surface area (Å²) in [5.74, 6) is 1.77. The molecule has 2 aliphatic rings. The van der Waals surface area contributed by atoms with Crippen molar-refractivity contribution in [2.75, 3.05) is 19.8 Å². The zero-order valence-corrected chi connectivity index (χ0v) is 22.1. The van der Waals surface area contributed by atoms with Gasteiger partial charge in [-0.25, -0.2) is 0 Å². The van der Waals surface area contributed by atoms with Crippen LogP contribution in [0.25, 0.3) is 22.3 Å². The van der Waals surface area contributed by atoms with Crippen molar-refractivity contribution in [3.63, 3.8) is 0 Å². The highest BCUT2D eigenvalue weighted by Crippen LogP contribution is 2.42. The molecule has 36 heavy (non-hydrogen) atoms. The first-order valence-corrected chi connectivity index (χ1v) is 13.0. The summed E-state index contributed by atoms with van der Waals surface area (Å²) in [7, 11) is 0. The van der Waals surface area contributed by atoms with Crippen molar-refractivity contribution in [1.29, 1.82) is 0 Å². The highest BCUT2D eigenvalue weighted by Gasteiger charge is 2.46. The normalized spacial score (nSPS) is 20.0. The maximum Gasteiger partial charge on any atom is 0.132 e. The summed E-state index contributed by atoms with van der Waals surface area (Å²) in [6.45, 7) is 13.7. The van der Waals surface area contributed by atoms with E-state index in [4.69, 9.17) is 18.9 Å². The Balaban J connectivity index is 1.27. The van der Waals surface area contributed by atoms with E-state index in [0.717, 1.165) is 36.7 Å². The standard InChI is InChI=1S/C32H38O4/c1-31(2,3)21-32(4,5)30(29-20-35-29)36-27-8-6-7-25(17-27)24-11-9-22(10-12-24)23-13-15-26(16-14-23)33-18-28-19-34-28/h6-17,28-30H,18-21H2,1-5H3. The first kappa shape index (κ1) is 24.9. The van der Waals surface area contributed by atoms with Crippen molar-refractivity contribution in [2.45, 2.75) is 59.4 Å². The molecule has 0 aliphatic carbocycles. The van der Waals surface area contributed by atoms with Crippen molar-refractivity contribution in [1.82, 2.24) is 0 Å². The van der Waals surface area contributed by atoms with Gasteiger partial charge in [0.15, 0.2) is 0 Å². The third-order valence-corrected chi connectivity index (χ3v) is 6.79. The van der Waals surface area contributed by atoms with Gasteiger partial charge in [0.2, 0.25) is 0 Å². The minimum Gasteiger partial charge on any atom is -0.491 e. The molecule has 2 fully saturated rings. The minimum atomic E-state index is 0.00331. The van der Waals surface area contributed by atoms with Crippen LogP contribution in [-0.2, 0) is 9.47 Å². The summed E-state index contributed by atoms with van der Waals surface area (Å²) in [6, 6.07) is 25.4. The van der Waals surface area contributed by atoms with E-state index in [9.17, 15) is 0 Å². The van der Waals surface area contributed by atoms with Gasteiger partial charge in [0, 0.05) is 5.41 Å². The molecule has 0 N–H and O–H groups in total. The van der Waals surface area contributed by atoms with Crippen LogP contribution < -0.4 is 9.47 Å². The lowest BCUT2D eigenvalue weighted by Crippen LogP contribution is -2.41. The third kappa shape index (κ3) is 6.48. The number of epoxide rings is 2. The van der Waals surface area contributed by atoms with Gasteiger partial charge in [-0.15, -0.1) is 0 Å². The van der Waals surface area contributed by atoms with E-state index in [2.05, 4.69) is 95.3 Å². The number of hydrogen-bond acceptors (Lipinski definition) is 4. The van der Waals surface area contributed by atoms with Crippen LogP contribution in [0, 0.1) is 10.8 Å². The highest BCUT2D eigenvalue weighted by atomic mass is 16.6. The first-order chi connectivity index (χ1) is 17.2. The molecular formula is C32H38O4. The van der Waals surface area contributed by atoms with Crippen molar-refractivity contribution >= 4 is 0 Å². The molecule has 0 bridgehead atoms. The lowest BCUT2D eigenvalue weighted by Gasteiger charge is -2.38. The molecule has 0 amide bonds. The van der Waals surface area contributed by atoms with Gasteiger partial charge in [0.25, 0.3) is 0 Å². The second kappa shape index (κ2) is 9.91. The molecule has 2 saturated heterocycles. The van der Waals surface area contributed by atoms with Gasteiger partial charge >= 0.3 is 0 Å². The lowest BCUT2D eigenvalue weighted by atomic mass is 9.72. The number of benzene rings is 3. The molecule has 3 aromatic rings. The molecule has 0 spiro atoms. The van der Waals surface area contributed by atoms with Gasteiger partial charge < -0.3 is 18.9 Å². The molecular weight excluding hydrogens is 448 g/mol. The maximum absolute atomic E-state index is 6.61. The average Bonchev–Trinajstić information content (AvgIpc) is 3.75. The van der Waals surface area contributed by atoms with E-state index < -0.39 is 0 Å². The molecule has 4 nitrogen and oxygen atoms in total. The first-order valence-electron chi connectivity index (χ1n) is 13.0. The molecule has 3 unspecified atom stereocenters. The lowest BCUT2D eigenvalue weighted by molar-refractivity contribution is 0.0206. The van der Waals surface area contributed by atoms with Crippen molar-refractivity contribution in [3.05, 3.63) is 72.8 Å². The van der Waals surface area contributed by atoms with Crippen molar-refractivity contribution in [3.8, 4) is 33.8 Å². The van der Waals surface area contributed by atoms with Crippen molar-refractivity contribution < 1.29 is 18.9 Å². The fourth-order valence-electron chi connectivity index (χ4n) is 5.28. The summed E-state index contributed by atoms with van der Waals surface area (Å²) >= 11 is 0. The molecule has 2 aliphatic heterocycles. The van der Waals surface area contributed by atoms with Crippen LogP contribution in [0.5, 0.6) is 11.5 Å². The number of ether oxygens (including phenoxy) is 4. The van der Waals surface area contributed by atoms with Crippen molar-refractivity contribution in [2.24, 2.45) is 10.8 Å². The van der Waals surface area contributed by atoms with Gasteiger partial charge in [-0.05, 0) is 58.4 Å². The van der Waals surface area contributed by atoms with Crippen LogP contribution in [-0.4, -0.2) is 38.1 Å². The summed E-state index contributed by atoms with van der Waals surface area (Å²) in [6.07, 6.45) is 1.53. The topological polar surface area (TPSA) is 43.5 Å². The Morgan fingerprint density at radius 3 is 1.89 bits per heavy atom. The Bertz CT molecular complexity index is 1150. The highest BCUT2D eigenvalue weighted by molar-refractivity contribution is 5.71. The fourth-order valence-corrected chi connectivity index (χ4v) is 5.28. The van der Waals surface area contributed by atoms with Crippen LogP contribution in [0.4, 0.5) is 0 Å². The summed E-state index contributed by atoms with van der Waals surface area (Å²) in [5.41, 5.74) is 4.89. The molecule has 3 atom stereocenters. The number of rotatable bonds is 10. The smallest absolute Gasteiger partial charge is 0.132 e. The molecule has 0 aromatic heterocycles. The Morgan fingerprint density at radius 2 is 1.33 bits per heavy atom. The molecule has 0 radical (unpaired) electrons. The monoisotopic (exact) mass is 486 g/mol. The van der Waals surface area contributed by atoms with E-state index >= 15 is 0 Å². The zero-order valence-electron chi connectivity index (χ0n) is 22.1. The molecule has 3 aromatic carbocycles. The second-order valence-electron chi connectivity index (χ2n) is 12.0. The van der Waals surface area contributed by atoms with E-state index in [-0.39, 0.29) is 29.1 Å². The Morgan fingerprint density at radius 1 is 0.750 bits per heavy atom. The van der Waals surface area contributed by atoms with Crippen LogP contribution in [0.3, 0.4) is 0 Å². The second-order valence-corrected chi connectivity index (χ2v) is 12.0. The van der Waals surface area contributed by atoms with Crippen LogP contribution >= 0.6 is 0 Å². The van der Waals surface area contributed by atoms with Crippen LogP contribution in [0.2, 0.25) is 0 Å². The predicted octanol–water partition coefficient (Wildman–Crippen LogP) is 7.41. The molecule has 4 heteroatoms. The summed E-state index contributed by atoms with van der Waals surface area (Å²) in [4.78, 5) is 0. The van der Waals surface area contributed by atoms with Gasteiger partial charge in [-0.1, -0.05) is 83.1 Å². The zero-order chi connectivity index (χ0) is 25.3. The molecule has 2 heterocycles. The molecule has 0 saturated carbocycles. The van der Waals surface area contributed by atoms with Crippen LogP contribution in [0.15, 0.2) is 72.8 Å². The van der Waals surface area contributed by atoms with Gasteiger partial charge in [-0.3, -0.25) is 0 Å². The summed E-state index contributed by atoms with van der Waals surface area (Å²) < 4.78 is 23.3. The van der Waals surface area contributed by atoms with E-state index in [1.165, 1.54) is 16.7 Å². The Hall–Kier alpha value is -2.82. The third-order valence-electron chi connectivity index (χ3n) is 6.79. The fraction of sp³-hybridized carbons (Fsp3) is 0.438. The molecule has 5 rings (SSSR count). The SMILES string of the molecule is CC(C)(C)CC(C)(C)C(Oc1cccc(-c2ccc(-c3ccc(OCC4CO4)cc3)cc2)c1)C1CO1. The largest absolute Gasteiger partial charge is 0.491 e. The Kier molecular flexibility index (Phi) is 6.84.